The van der Waals surface area contributed by atoms with Crippen LogP contribution >= 0.6 is 23.4 Å². The first-order valence-corrected chi connectivity index (χ1v) is 13.7. The van der Waals surface area contributed by atoms with Gasteiger partial charge in [0.15, 0.2) is 5.17 Å². The zero-order valence-electron chi connectivity index (χ0n) is 21.4. The topological polar surface area (TPSA) is 74.7 Å². The molecule has 3 aromatic carbocycles. The summed E-state index contributed by atoms with van der Waals surface area (Å²) in [6.07, 6.45) is -0.845. The molecule has 1 saturated heterocycles. The number of pyridine rings is 1. The number of hydrogen-bond acceptors (Lipinski definition) is 5. The van der Waals surface area contributed by atoms with Crippen molar-refractivity contribution in [2.24, 2.45) is 4.99 Å². The molecule has 11 heteroatoms. The van der Waals surface area contributed by atoms with Crippen molar-refractivity contribution >= 4 is 68.7 Å². The van der Waals surface area contributed by atoms with Crippen molar-refractivity contribution in [3.05, 3.63) is 106 Å². The van der Waals surface area contributed by atoms with Gasteiger partial charge in [-0.2, -0.15) is 13.2 Å². The van der Waals surface area contributed by atoms with Crippen LogP contribution in [0.15, 0.2) is 95.0 Å². The molecule has 1 fully saturated rings. The highest BCUT2D eigenvalue weighted by Crippen LogP contribution is 2.35. The highest BCUT2D eigenvalue weighted by molar-refractivity contribution is 8.18. The fraction of sp³-hybridized carbons (Fsp3) is 0.133. The number of aliphatic imine (C=N–C) groups is 1. The van der Waals surface area contributed by atoms with E-state index in [4.69, 9.17) is 11.6 Å². The van der Waals surface area contributed by atoms with Crippen molar-refractivity contribution in [2.45, 2.75) is 19.0 Å². The summed E-state index contributed by atoms with van der Waals surface area (Å²) in [4.78, 5) is 34.7. The number of fused-ring (bicyclic) bond motifs is 1. The summed E-state index contributed by atoms with van der Waals surface area (Å²) in [5, 5.41) is 3.94. The Bertz CT molecular complexity index is 1680. The Morgan fingerprint density at radius 3 is 2.63 bits per heavy atom. The number of anilines is 1. The van der Waals surface area contributed by atoms with Crippen molar-refractivity contribution in [1.82, 2.24) is 10.3 Å². The van der Waals surface area contributed by atoms with Gasteiger partial charge < -0.3 is 10.2 Å². The predicted molar refractivity (Wildman–Crippen MR) is 157 cm³/mol. The fourth-order valence-corrected chi connectivity index (χ4v) is 5.26. The third kappa shape index (κ3) is 6.96. The Kier molecular flexibility index (Phi) is 8.41. The minimum atomic E-state index is -5.06. The van der Waals surface area contributed by atoms with E-state index in [0.717, 1.165) is 33.8 Å². The molecule has 1 aliphatic rings. The lowest BCUT2D eigenvalue weighted by Crippen LogP contribution is -2.42. The van der Waals surface area contributed by atoms with E-state index >= 15 is 0 Å². The largest absolute Gasteiger partial charge is 0.471 e. The van der Waals surface area contributed by atoms with E-state index in [2.05, 4.69) is 15.3 Å². The van der Waals surface area contributed by atoms with Crippen LogP contribution in [0.2, 0.25) is 5.02 Å². The second-order valence-corrected chi connectivity index (χ2v) is 10.6. The van der Waals surface area contributed by atoms with E-state index < -0.39 is 12.1 Å². The number of alkyl halides is 3. The van der Waals surface area contributed by atoms with Crippen LogP contribution < -0.4 is 10.2 Å². The molecule has 0 atom stereocenters. The summed E-state index contributed by atoms with van der Waals surface area (Å²) in [6, 6.07) is 22.7. The van der Waals surface area contributed by atoms with E-state index in [0.29, 0.717) is 22.6 Å². The molecule has 4 aromatic rings. The number of carbonyl (C=O) groups excluding carboxylic acids is 2. The second-order valence-electron chi connectivity index (χ2n) is 9.12. The smallest absolute Gasteiger partial charge is 0.305 e. The molecule has 1 N–H and O–H groups in total. The molecule has 6 nitrogen and oxygen atoms in total. The minimum absolute atomic E-state index is 0.000927. The fourth-order valence-electron chi connectivity index (χ4n) is 4.27. The Morgan fingerprint density at radius 1 is 1.05 bits per heavy atom. The molecular formula is C30H22ClF3N4O2S. The summed E-state index contributed by atoms with van der Waals surface area (Å²) in [5.74, 6) is -2.35. The maximum Gasteiger partial charge on any atom is 0.471 e. The Labute approximate surface area is 242 Å². The zero-order chi connectivity index (χ0) is 29.0. The maximum absolute atomic E-state index is 13.5. The van der Waals surface area contributed by atoms with E-state index in [9.17, 15) is 22.8 Å². The number of aromatic nitrogens is 1. The first-order chi connectivity index (χ1) is 19.7. The molecule has 0 radical (unpaired) electrons. The molecule has 0 bridgehead atoms. The summed E-state index contributed by atoms with van der Waals surface area (Å²) >= 11 is 7.39. The molecular weight excluding hydrogens is 573 g/mol. The van der Waals surface area contributed by atoms with Gasteiger partial charge in [-0.25, -0.2) is 4.99 Å². The van der Waals surface area contributed by atoms with Crippen LogP contribution in [0.4, 0.5) is 24.5 Å². The number of carbonyl (C=O) groups is 2. The molecule has 2 heterocycles. The minimum Gasteiger partial charge on any atom is -0.305 e. The molecule has 0 aliphatic carbocycles. The standard InChI is InChI=1S/C30H22ClF3N4O2S/c31-23-12-11-22(38(28(40)30(32,33)34)15-5-8-19-6-2-1-3-7-19)18-25(23)36-29-37-27(39)26(41-29)17-20-10-13-24-21(16-20)9-4-14-35-24/h1-4,6-7,9-14,16-18H,5,8,15H2,(H,36,37,39). The summed E-state index contributed by atoms with van der Waals surface area (Å²) in [5.41, 5.74) is 2.69. The summed E-state index contributed by atoms with van der Waals surface area (Å²) < 4.78 is 40.5. The van der Waals surface area contributed by atoms with E-state index in [1.54, 1.807) is 12.3 Å². The summed E-state index contributed by atoms with van der Waals surface area (Å²) in [6.45, 7) is -0.162. The zero-order valence-corrected chi connectivity index (χ0v) is 22.9. The Hall–Kier alpha value is -4.15. The number of aryl methyl sites for hydroxylation is 1. The first-order valence-electron chi connectivity index (χ1n) is 12.5. The molecule has 0 spiro atoms. The van der Waals surface area contributed by atoms with Gasteiger partial charge in [0, 0.05) is 23.8 Å². The summed E-state index contributed by atoms with van der Waals surface area (Å²) in [7, 11) is 0. The van der Waals surface area contributed by atoms with Crippen LogP contribution in [-0.2, 0) is 16.0 Å². The van der Waals surface area contributed by atoms with Crippen LogP contribution in [0, 0.1) is 0 Å². The van der Waals surface area contributed by atoms with Gasteiger partial charge in [0.2, 0.25) is 0 Å². The van der Waals surface area contributed by atoms with E-state index in [1.165, 1.54) is 18.2 Å². The maximum atomic E-state index is 13.5. The SMILES string of the molecule is O=C1NC(=Nc2cc(N(CCCc3ccccc3)C(=O)C(F)(F)F)ccc2Cl)SC1=Cc1ccc2ncccc2c1. The third-order valence-corrected chi connectivity index (χ3v) is 7.45. The van der Waals surface area contributed by atoms with Gasteiger partial charge >= 0.3 is 12.1 Å². The van der Waals surface area contributed by atoms with Gasteiger partial charge in [0.25, 0.3) is 5.91 Å². The van der Waals surface area contributed by atoms with E-state index in [-0.39, 0.29) is 34.0 Å². The van der Waals surface area contributed by atoms with Crippen LogP contribution in [0.3, 0.4) is 0 Å². The second kappa shape index (κ2) is 12.2. The van der Waals surface area contributed by atoms with Gasteiger partial charge in [0.05, 0.1) is 21.1 Å². The van der Waals surface area contributed by atoms with Crippen molar-refractivity contribution in [1.29, 1.82) is 0 Å². The van der Waals surface area contributed by atoms with Gasteiger partial charge in [0.1, 0.15) is 0 Å². The van der Waals surface area contributed by atoms with Gasteiger partial charge in [-0.3, -0.25) is 14.6 Å². The van der Waals surface area contributed by atoms with Crippen molar-refractivity contribution in [2.75, 3.05) is 11.4 Å². The molecule has 208 valence electrons. The highest BCUT2D eigenvalue weighted by Gasteiger charge is 2.43. The first kappa shape index (κ1) is 28.4. The predicted octanol–water partition coefficient (Wildman–Crippen LogP) is 7.31. The number of nitrogens with zero attached hydrogens (tertiary/aromatic N) is 3. The number of benzene rings is 3. The van der Waals surface area contributed by atoms with Crippen molar-refractivity contribution < 1.29 is 22.8 Å². The third-order valence-electron chi connectivity index (χ3n) is 6.22. The monoisotopic (exact) mass is 594 g/mol. The lowest BCUT2D eigenvalue weighted by Gasteiger charge is -2.24. The average molecular weight is 595 g/mol. The molecule has 41 heavy (non-hydrogen) atoms. The molecule has 1 aromatic heterocycles. The molecule has 2 amide bonds. The number of rotatable bonds is 7. The Morgan fingerprint density at radius 2 is 1.85 bits per heavy atom. The highest BCUT2D eigenvalue weighted by atomic mass is 35.5. The number of halogens is 4. The number of amides is 2. The van der Waals surface area contributed by atoms with Crippen molar-refractivity contribution in [3.63, 3.8) is 0 Å². The van der Waals surface area contributed by atoms with Crippen LogP contribution in [-0.4, -0.2) is 34.7 Å². The lowest BCUT2D eigenvalue weighted by molar-refractivity contribution is -0.170. The van der Waals surface area contributed by atoms with Gasteiger partial charge in [-0.05, 0) is 78.2 Å². The van der Waals surface area contributed by atoms with Crippen molar-refractivity contribution in [3.8, 4) is 0 Å². The van der Waals surface area contributed by atoms with Gasteiger partial charge in [-0.15, -0.1) is 0 Å². The number of amidine groups is 1. The Balaban J connectivity index is 1.38. The molecule has 0 saturated carbocycles. The number of nitrogens with one attached hydrogen (secondary N) is 1. The van der Waals surface area contributed by atoms with Crippen LogP contribution in [0.1, 0.15) is 17.5 Å². The quantitative estimate of drug-likeness (QED) is 0.228. The number of thioether (sulfide) groups is 1. The van der Waals surface area contributed by atoms with E-state index in [1.807, 2.05) is 60.7 Å². The molecule has 1 aliphatic heterocycles. The molecule has 5 rings (SSSR count). The average Bonchev–Trinajstić information content (AvgIpc) is 3.30. The normalized spacial score (nSPS) is 15.5. The molecule has 0 unspecified atom stereocenters. The van der Waals surface area contributed by atoms with Crippen LogP contribution in [0.25, 0.3) is 17.0 Å². The number of hydrogen-bond donors (Lipinski definition) is 1. The lowest BCUT2D eigenvalue weighted by atomic mass is 10.1. The van der Waals surface area contributed by atoms with Gasteiger partial charge in [-0.1, -0.05) is 54.1 Å². The van der Waals surface area contributed by atoms with Crippen LogP contribution in [0.5, 0.6) is 0 Å².